The number of rotatable bonds is 2. The molecule has 1 saturated heterocycles. The maximum atomic E-state index is 16.2. The second-order valence-corrected chi connectivity index (χ2v) is 9.11. The maximum absolute atomic E-state index is 16.2. The van der Waals surface area contributed by atoms with Crippen LogP contribution in [0.15, 0.2) is 37.3 Å². The fraction of sp³-hybridized carbons (Fsp3) is 0.240. The van der Waals surface area contributed by atoms with Crippen molar-refractivity contribution in [1.82, 2.24) is 20.2 Å². The topological polar surface area (TPSA) is 90.8 Å². The molecule has 0 bridgehead atoms. The Morgan fingerprint density at radius 2 is 2.11 bits per heavy atom. The molecular weight excluding hydrogens is 492 g/mol. The van der Waals surface area contributed by atoms with Gasteiger partial charge in [-0.1, -0.05) is 24.2 Å². The summed E-state index contributed by atoms with van der Waals surface area (Å²) in [6, 6.07) is 2.42. The molecule has 3 aliphatic rings. The third-order valence-electron chi connectivity index (χ3n) is 6.83. The van der Waals surface area contributed by atoms with Crippen molar-refractivity contribution < 1.29 is 23.4 Å². The molecule has 36 heavy (non-hydrogen) atoms. The lowest BCUT2D eigenvalue weighted by Crippen LogP contribution is -2.56. The molecule has 8 nitrogen and oxygen atoms in total. The van der Waals surface area contributed by atoms with Gasteiger partial charge in [0.1, 0.15) is 30.1 Å². The highest BCUT2D eigenvalue weighted by atomic mass is 35.5. The van der Waals surface area contributed by atoms with Gasteiger partial charge in [0.2, 0.25) is 5.91 Å². The summed E-state index contributed by atoms with van der Waals surface area (Å²) in [6.07, 6.45) is 4.40. The molecule has 1 aromatic heterocycles. The van der Waals surface area contributed by atoms with Gasteiger partial charge in [0.15, 0.2) is 17.8 Å². The summed E-state index contributed by atoms with van der Waals surface area (Å²) in [5.74, 6) is -1.24. The third-order valence-corrected chi connectivity index (χ3v) is 7.19. The van der Waals surface area contributed by atoms with Crippen molar-refractivity contribution in [3.63, 3.8) is 0 Å². The summed E-state index contributed by atoms with van der Waals surface area (Å²) < 4.78 is 37.6. The predicted molar refractivity (Wildman–Crippen MR) is 130 cm³/mol. The number of aromatic nitrogens is 2. The van der Waals surface area contributed by atoms with Crippen LogP contribution in [0.1, 0.15) is 17.4 Å². The number of piperazine rings is 1. The average Bonchev–Trinajstić information content (AvgIpc) is 3.05. The zero-order valence-electron chi connectivity index (χ0n) is 18.8. The summed E-state index contributed by atoms with van der Waals surface area (Å²) >= 11 is 6.76. The number of halogens is 3. The molecule has 11 heteroatoms. The van der Waals surface area contributed by atoms with Crippen LogP contribution in [-0.4, -0.2) is 58.2 Å². The minimum atomic E-state index is -1.27. The van der Waals surface area contributed by atoms with E-state index in [1.165, 1.54) is 30.7 Å². The van der Waals surface area contributed by atoms with E-state index in [9.17, 15) is 9.90 Å². The quantitative estimate of drug-likeness (QED) is 0.510. The van der Waals surface area contributed by atoms with Gasteiger partial charge in [0, 0.05) is 36.3 Å². The minimum Gasteiger partial charge on any atom is -0.489 e. The highest BCUT2D eigenvalue weighted by molar-refractivity contribution is 6.36. The van der Waals surface area contributed by atoms with Crippen molar-refractivity contribution in [3.05, 3.63) is 65.1 Å². The van der Waals surface area contributed by atoms with Crippen LogP contribution in [-0.2, 0) is 4.79 Å². The fourth-order valence-corrected chi connectivity index (χ4v) is 5.49. The Balaban J connectivity index is 1.57. The first-order valence-corrected chi connectivity index (χ1v) is 11.7. The van der Waals surface area contributed by atoms with E-state index >= 15 is 8.78 Å². The molecule has 2 N–H and O–H groups in total. The predicted octanol–water partition coefficient (Wildman–Crippen LogP) is 3.39. The Kier molecular flexibility index (Phi) is 5.31. The van der Waals surface area contributed by atoms with Gasteiger partial charge in [-0.05, 0) is 30.0 Å². The van der Waals surface area contributed by atoms with Crippen molar-refractivity contribution in [2.75, 3.05) is 31.1 Å². The fourth-order valence-electron chi connectivity index (χ4n) is 5.16. The molecule has 1 amide bonds. The van der Waals surface area contributed by atoms with Gasteiger partial charge in [-0.3, -0.25) is 4.79 Å². The molecule has 6 rings (SSSR count). The van der Waals surface area contributed by atoms with E-state index < -0.39 is 17.9 Å². The van der Waals surface area contributed by atoms with Crippen molar-refractivity contribution in [2.24, 2.45) is 0 Å². The van der Waals surface area contributed by atoms with Gasteiger partial charge in [0.25, 0.3) is 0 Å². The van der Waals surface area contributed by atoms with Crippen LogP contribution < -0.4 is 15.0 Å². The van der Waals surface area contributed by atoms with Crippen molar-refractivity contribution >= 4 is 40.3 Å². The first kappa shape index (κ1) is 22.7. The molecule has 0 saturated carbocycles. The normalized spacial score (nSPS) is 20.2. The summed E-state index contributed by atoms with van der Waals surface area (Å²) in [7, 11) is 0. The first-order valence-electron chi connectivity index (χ1n) is 11.3. The SMILES string of the molecule is C=CC(=O)N1CCN2c3ncnc4c(F)c(-c5c(F)ccc6c5C(O)NC=C6)c(Cl)c(c34)OC[C@@H]2C1. The van der Waals surface area contributed by atoms with Crippen LogP contribution in [0.4, 0.5) is 14.6 Å². The summed E-state index contributed by atoms with van der Waals surface area (Å²) in [4.78, 5) is 24.4. The molecular formula is C25H20ClF2N5O3. The molecule has 2 aromatic carbocycles. The zero-order valence-corrected chi connectivity index (χ0v) is 19.6. The largest absolute Gasteiger partial charge is 0.489 e. The van der Waals surface area contributed by atoms with Crippen molar-refractivity contribution in [3.8, 4) is 16.9 Å². The smallest absolute Gasteiger partial charge is 0.246 e. The van der Waals surface area contributed by atoms with E-state index in [4.69, 9.17) is 16.3 Å². The molecule has 0 spiro atoms. The van der Waals surface area contributed by atoms with Gasteiger partial charge >= 0.3 is 0 Å². The van der Waals surface area contributed by atoms with Crippen LogP contribution in [0.2, 0.25) is 5.02 Å². The second kappa shape index (κ2) is 8.42. The van der Waals surface area contributed by atoms with E-state index in [1.807, 2.05) is 4.90 Å². The van der Waals surface area contributed by atoms with Crippen molar-refractivity contribution in [2.45, 2.75) is 12.3 Å². The summed E-state index contributed by atoms with van der Waals surface area (Å²) in [6.45, 7) is 4.89. The average molecular weight is 512 g/mol. The van der Waals surface area contributed by atoms with Gasteiger partial charge < -0.3 is 25.0 Å². The summed E-state index contributed by atoms with van der Waals surface area (Å²) in [5.41, 5.74) is 0.172. The van der Waals surface area contributed by atoms with Crippen LogP contribution >= 0.6 is 11.6 Å². The maximum Gasteiger partial charge on any atom is 0.246 e. The molecule has 0 aliphatic carbocycles. The highest BCUT2D eigenvalue weighted by Crippen LogP contribution is 2.49. The number of fused-ring (bicyclic) bond motifs is 3. The minimum absolute atomic E-state index is 0.0783. The number of hydrogen-bond donors (Lipinski definition) is 2. The molecule has 4 heterocycles. The van der Waals surface area contributed by atoms with Crippen LogP contribution in [0.3, 0.4) is 0 Å². The molecule has 0 radical (unpaired) electrons. The molecule has 184 valence electrons. The number of anilines is 1. The van der Waals surface area contributed by atoms with Crippen LogP contribution in [0.25, 0.3) is 28.1 Å². The Morgan fingerprint density at radius 1 is 1.28 bits per heavy atom. The van der Waals surface area contributed by atoms with E-state index in [2.05, 4.69) is 21.9 Å². The van der Waals surface area contributed by atoms with Gasteiger partial charge in [-0.25, -0.2) is 18.7 Å². The number of aliphatic hydroxyl groups excluding tert-OH is 1. The van der Waals surface area contributed by atoms with E-state index in [0.29, 0.717) is 31.0 Å². The highest BCUT2D eigenvalue weighted by Gasteiger charge is 2.37. The zero-order chi connectivity index (χ0) is 25.1. The number of hydrogen-bond acceptors (Lipinski definition) is 7. The van der Waals surface area contributed by atoms with E-state index in [-0.39, 0.29) is 56.9 Å². The Hall–Kier alpha value is -3.76. The Labute approximate surface area is 209 Å². The Bertz CT molecular complexity index is 1480. The van der Waals surface area contributed by atoms with Crippen LogP contribution in [0, 0.1) is 11.6 Å². The lowest BCUT2D eigenvalue weighted by molar-refractivity contribution is -0.126. The lowest BCUT2D eigenvalue weighted by Gasteiger charge is -2.40. The number of nitrogens with zero attached hydrogens (tertiary/aromatic N) is 4. The standard InChI is InChI=1S/C25H20ClF2N5O3/c1-2-15(34)32-7-8-33-13(9-32)10-36-23-19-22(30-11-31-24(19)33)21(28)18(20(23)26)17-14(27)4-3-12-5-6-29-25(35)16(12)17/h2-6,11,13,25,29,35H,1,7-10H2/t13-,25?/m0/s1. The number of nitrogens with one attached hydrogen (secondary N) is 1. The number of carbonyl (C=O) groups excluding carboxylic acids is 1. The number of ether oxygens (including phenoxy) is 1. The second-order valence-electron chi connectivity index (χ2n) is 8.73. The van der Waals surface area contributed by atoms with Gasteiger partial charge in [-0.15, -0.1) is 0 Å². The monoisotopic (exact) mass is 511 g/mol. The number of amides is 1. The van der Waals surface area contributed by atoms with Crippen molar-refractivity contribution in [1.29, 1.82) is 0 Å². The molecule has 2 atom stereocenters. The first-order chi connectivity index (χ1) is 17.4. The molecule has 3 aromatic rings. The number of aliphatic hydroxyl groups is 1. The Morgan fingerprint density at radius 3 is 2.92 bits per heavy atom. The third kappa shape index (κ3) is 3.25. The number of carbonyl (C=O) groups is 1. The molecule has 3 aliphatic heterocycles. The summed E-state index contributed by atoms with van der Waals surface area (Å²) in [5, 5.41) is 13.4. The van der Waals surface area contributed by atoms with E-state index in [0.717, 1.165) is 0 Å². The van der Waals surface area contributed by atoms with Gasteiger partial charge in [-0.2, -0.15) is 0 Å². The molecule has 1 unspecified atom stereocenters. The van der Waals surface area contributed by atoms with Gasteiger partial charge in [0.05, 0.1) is 16.5 Å². The number of benzene rings is 2. The molecule has 1 fully saturated rings. The lowest BCUT2D eigenvalue weighted by atomic mass is 9.91. The van der Waals surface area contributed by atoms with E-state index in [1.54, 1.807) is 11.0 Å². The van der Waals surface area contributed by atoms with Crippen LogP contribution in [0.5, 0.6) is 5.75 Å².